The summed E-state index contributed by atoms with van der Waals surface area (Å²) in [5.74, 6) is 0. The van der Waals surface area contributed by atoms with Gasteiger partial charge in [0.25, 0.3) is 10.0 Å². The minimum Gasteiger partial charge on any atom is -0.428 e. The summed E-state index contributed by atoms with van der Waals surface area (Å²) in [5, 5.41) is 0. The fraction of sp³-hybridized carbons (Fsp3) is 0.229. The molecule has 0 fully saturated rings. The van der Waals surface area contributed by atoms with Gasteiger partial charge >= 0.3 is 0 Å². The SMILES string of the molecule is CCCCN=Cc1ccccc1NS(=O)(=O)c1ccccc1.[CH2-]c1ccccc1N(C)C.[CH2-]c1ccccc1N(C)C.[Cr]. The smallest absolute Gasteiger partial charge is 0.261 e. The summed E-state index contributed by atoms with van der Waals surface area (Å²) < 4.78 is 27.4. The second kappa shape index (κ2) is 19.4. The Bertz CT molecular complexity index is 1440. The van der Waals surface area contributed by atoms with Crippen molar-refractivity contribution in [1.29, 1.82) is 0 Å². The minimum atomic E-state index is -3.58. The summed E-state index contributed by atoms with van der Waals surface area (Å²) in [5.41, 5.74) is 5.81. The number of nitrogens with one attached hydrogen (secondary N) is 1. The number of hydrogen-bond acceptors (Lipinski definition) is 5. The Hall–Kier alpha value is -3.83. The molecule has 0 aliphatic rings. The van der Waals surface area contributed by atoms with Crippen LogP contribution in [0.5, 0.6) is 0 Å². The fourth-order valence-corrected chi connectivity index (χ4v) is 4.92. The van der Waals surface area contributed by atoms with E-state index in [4.69, 9.17) is 0 Å². The summed E-state index contributed by atoms with van der Waals surface area (Å²) in [6.07, 6.45) is 3.83. The molecule has 0 aliphatic carbocycles. The molecular weight excluding hydrogens is 592 g/mol. The van der Waals surface area contributed by atoms with Crippen LogP contribution >= 0.6 is 0 Å². The van der Waals surface area contributed by atoms with Gasteiger partial charge in [-0.1, -0.05) is 85.4 Å². The maximum atomic E-state index is 12.4. The van der Waals surface area contributed by atoms with Crippen LogP contribution in [0.4, 0.5) is 17.1 Å². The number of hydrogen-bond donors (Lipinski definition) is 1. The van der Waals surface area contributed by atoms with Crippen LogP contribution in [0.2, 0.25) is 0 Å². The van der Waals surface area contributed by atoms with Crippen LogP contribution < -0.4 is 14.5 Å². The third-order valence-corrected chi connectivity index (χ3v) is 7.46. The van der Waals surface area contributed by atoms with Gasteiger partial charge in [0, 0.05) is 35.7 Å². The average molecular weight is 637 g/mol. The average Bonchev–Trinajstić information content (AvgIpc) is 2.97. The number of benzene rings is 4. The third kappa shape index (κ3) is 12.9. The Morgan fingerprint density at radius 2 is 1.19 bits per heavy atom. The van der Waals surface area contributed by atoms with Crippen molar-refractivity contribution in [1.82, 2.24) is 0 Å². The summed E-state index contributed by atoms with van der Waals surface area (Å²) in [7, 11) is 4.49. The van der Waals surface area contributed by atoms with Crippen LogP contribution in [-0.2, 0) is 27.4 Å². The summed E-state index contributed by atoms with van der Waals surface area (Å²) in [6.45, 7) is 10.7. The van der Waals surface area contributed by atoms with Gasteiger partial charge in [-0.05, 0) is 52.8 Å². The standard InChI is InChI=1S/C17H20N2O2S.2C9H12N.Cr/c1-2-3-13-18-14-15-9-7-8-12-17(15)19-22(20,21)16-10-5-4-6-11-16;2*1-8-6-4-5-7-9(8)10(2)3;/h4-12,14,19H,2-3,13H2,1H3;2*4-7H,1H2,2-3H3;/q;2*-1;. The second-order valence-corrected chi connectivity index (χ2v) is 11.6. The summed E-state index contributed by atoms with van der Waals surface area (Å²) >= 11 is 0. The second-order valence-electron chi connectivity index (χ2n) is 9.94. The number of aliphatic imine (C=N–C) groups is 1. The zero-order valence-electron chi connectivity index (χ0n) is 25.9. The first-order chi connectivity index (χ1) is 20.1. The first-order valence-corrected chi connectivity index (χ1v) is 15.4. The molecule has 0 saturated heterocycles. The van der Waals surface area contributed by atoms with Gasteiger partial charge in [-0.25, -0.2) is 8.42 Å². The maximum Gasteiger partial charge on any atom is 0.261 e. The number of unbranched alkanes of at least 4 members (excludes halogenated alkanes) is 1. The van der Waals surface area contributed by atoms with Crippen LogP contribution in [0.3, 0.4) is 0 Å². The van der Waals surface area contributed by atoms with E-state index in [2.05, 4.69) is 52.4 Å². The molecule has 1 N–H and O–H groups in total. The zero-order chi connectivity index (χ0) is 31.0. The predicted molar refractivity (Wildman–Crippen MR) is 182 cm³/mol. The van der Waals surface area contributed by atoms with E-state index in [-0.39, 0.29) is 22.3 Å². The molecule has 0 bridgehead atoms. The van der Waals surface area contributed by atoms with Crippen molar-refractivity contribution in [3.63, 3.8) is 0 Å². The van der Waals surface area contributed by atoms with E-state index >= 15 is 0 Å². The molecule has 0 unspecified atom stereocenters. The summed E-state index contributed by atoms with van der Waals surface area (Å²) in [4.78, 5) is 8.69. The third-order valence-electron chi connectivity index (χ3n) is 6.08. The number of anilines is 3. The van der Waals surface area contributed by atoms with Gasteiger partial charge in [-0.15, -0.1) is 12.1 Å². The van der Waals surface area contributed by atoms with Gasteiger partial charge in [-0.2, -0.15) is 37.1 Å². The van der Waals surface area contributed by atoms with E-state index in [0.29, 0.717) is 5.69 Å². The number of nitrogens with zero attached hydrogens (tertiary/aromatic N) is 3. The van der Waals surface area contributed by atoms with Crippen LogP contribution in [0.1, 0.15) is 36.5 Å². The van der Waals surface area contributed by atoms with Crippen molar-refractivity contribution in [2.45, 2.75) is 24.7 Å². The monoisotopic (exact) mass is 636 g/mol. The van der Waals surface area contributed by atoms with Crippen molar-refractivity contribution < 1.29 is 25.8 Å². The van der Waals surface area contributed by atoms with E-state index < -0.39 is 10.0 Å². The Kier molecular flexibility index (Phi) is 16.8. The van der Waals surface area contributed by atoms with E-state index in [1.807, 2.05) is 76.7 Å². The molecule has 4 aromatic rings. The Morgan fingerprint density at radius 3 is 1.65 bits per heavy atom. The van der Waals surface area contributed by atoms with E-state index in [0.717, 1.165) is 36.1 Å². The number of para-hydroxylation sites is 3. The zero-order valence-corrected chi connectivity index (χ0v) is 28.0. The van der Waals surface area contributed by atoms with E-state index in [9.17, 15) is 8.42 Å². The molecule has 0 amide bonds. The molecule has 6 nitrogen and oxygen atoms in total. The summed E-state index contributed by atoms with van der Waals surface area (Å²) in [6, 6.07) is 31.7. The van der Waals surface area contributed by atoms with Crippen LogP contribution in [0.15, 0.2) is 113 Å². The van der Waals surface area contributed by atoms with E-state index in [1.54, 1.807) is 48.7 Å². The normalized spacial score (nSPS) is 10.3. The largest absolute Gasteiger partial charge is 0.428 e. The van der Waals surface area contributed by atoms with E-state index in [1.165, 1.54) is 11.4 Å². The van der Waals surface area contributed by atoms with Crippen molar-refractivity contribution in [2.75, 3.05) is 49.3 Å². The van der Waals surface area contributed by atoms with Crippen molar-refractivity contribution in [3.8, 4) is 0 Å². The minimum absolute atomic E-state index is 0. The number of rotatable bonds is 9. The van der Waals surface area contributed by atoms with Crippen LogP contribution in [0, 0.1) is 13.8 Å². The number of sulfonamides is 1. The molecule has 0 atom stereocenters. The van der Waals surface area contributed by atoms with Crippen molar-refractivity contribution in [3.05, 3.63) is 134 Å². The fourth-order valence-electron chi connectivity index (χ4n) is 3.81. The molecule has 0 saturated carbocycles. The Balaban J connectivity index is 0.000000366. The Labute approximate surface area is 270 Å². The first kappa shape index (κ1) is 37.2. The quantitative estimate of drug-likeness (QED) is 0.117. The molecule has 0 spiro atoms. The van der Waals surface area contributed by atoms with Crippen LogP contribution in [0.25, 0.3) is 0 Å². The Morgan fingerprint density at radius 1 is 0.721 bits per heavy atom. The van der Waals surface area contributed by atoms with Gasteiger partial charge in [0.15, 0.2) is 0 Å². The molecule has 0 radical (unpaired) electrons. The van der Waals surface area contributed by atoms with Crippen molar-refractivity contribution in [2.24, 2.45) is 4.99 Å². The molecule has 4 rings (SSSR count). The molecule has 4 aromatic carbocycles. The van der Waals surface area contributed by atoms with Gasteiger partial charge in [0.05, 0.1) is 10.6 Å². The van der Waals surface area contributed by atoms with Gasteiger partial charge in [-0.3, -0.25) is 9.71 Å². The first-order valence-electron chi connectivity index (χ1n) is 13.9. The molecule has 8 heteroatoms. The van der Waals surface area contributed by atoms with Gasteiger partial charge < -0.3 is 9.80 Å². The predicted octanol–water partition coefficient (Wildman–Crippen LogP) is 7.57. The molecule has 230 valence electrons. The molecule has 0 aliphatic heterocycles. The molecule has 0 aromatic heterocycles. The van der Waals surface area contributed by atoms with Crippen LogP contribution in [-0.4, -0.2) is 49.4 Å². The van der Waals surface area contributed by atoms with Crippen molar-refractivity contribution >= 4 is 33.3 Å². The molecule has 43 heavy (non-hydrogen) atoms. The molecular formula is C35H44CrN4O2S-2. The topological polar surface area (TPSA) is 65.0 Å². The molecule has 0 heterocycles. The maximum absolute atomic E-state index is 12.4. The van der Waals surface area contributed by atoms with Gasteiger partial charge in [0.2, 0.25) is 0 Å². The van der Waals surface area contributed by atoms with Gasteiger partial charge in [0.1, 0.15) is 0 Å².